The van der Waals surface area contributed by atoms with Gasteiger partial charge in [0.15, 0.2) is 0 Å². The molecule has 0 saturated carbocycles. The number of amides is 1. The van der Waals surface area contributed by atoms with Gasteiger partial charge in [0, 0.05) is 32.8 Å². The molecule has 0 aliphatic heterocycles. The molecule has 0 heterocycles. The smallest absolute Gasteiger partial charge is 0.254 e. The van der Waals surface area contributed by atoms with E-state index in [1.807, 2.05) is 26.8 Å². The second-order valence-electron chi connectivity index (χ2n) is 6.13. The van der Waals surface area contributed by atoms with Crippen molar-refractivity contribution in [1.82, 2.24) is 4.90 Å². The lowest BCUT2D eigenvalue weighted by atomic mass is 10.1. The molecule has 1 amide bonds. The summed E-state index contributed by atoms with van der Waals surface area (Å²) in [6.07, 6.45) is 0. The highest BCUT2D eigenvalue weighted by Gasteiger charge is 2.21. The van der Waals surface area contributed by atoms with Crippen LogP contribution in [0.4, 0.5) is 0 Å². The average molecular weight is 398 g/mol. The van der Waals surface area contributed by atoms with Crippen molar-refractivity contribution in [2.24, 2.45) is 0 Å². The summed E-state index contributed by atoms with van der Waals surface area (Å²) in [6, 6.07) is 12.0. The summed E-state index contributed by atoms with van der Waals surface area (Å²) in [6.45, 7) is 5.72. The largest absolute Gasteiger partial charge is 0.335 e. The Hall–Kier alpha value is -1.36. The van der Waals surface area contributed by atoms with Crippen molar-refractivity contribution in [2.45, 2.75) is 37.0 Å². The number of nitrogens with zero attached hydrogens (tertiary/aromatic N) is 1. The minimum Gasteiger partial charge on any atom is -0.335 e. The Bertz CT molecular complexity index is 791. The second-order valence-corrected chi connectivity index (χ2v) is 8.98. The number of carbonyl (C=O) groups is 1. The molecular formula is C19H21Cl2NO2S. The van der Waals surface area contributed by atoms with Gasteiger partial charge in [-0.15, -0.1) is 0 Å². The van der Waals surface area contributed by atoms with E-state index in [0.717, 1.165) is 10.5 Å². The fraction of sp³-hybridized carbons (Fsp3) is 0.316. The van der Waals surface area contributed by atoms with Crippen molar-refractivity contribution in [3.8, 4) is 0 Å². The first-order valence-corrected chi connectivity index (χ1v) is 9.92. The van der Waals surface area contributed by atoms with Crippen LogP contribution in [-0.4, -0.2) is 27.3 Å². The molecule has 2 aromatic rings. The first-order chi connectivity index (χ1) is 11.7. The Morgan fingerprint density at radius 1 is 1.04 bits per heavy atom. The third-order valence-electron chi connectivity index (χ3n) is 4.08. The van der Waals surface area contributed by atoms with E-state index in [2.05, 4.69) is 0 Å². The third kappa shape index (κ3) is 4.63. The Morgan fingerprint density at radius 2 is 1.64 bits per heavy atom. The second kappa shape index (κ2) is 8.35. The van der Waals surface area contributed by atoms with E-state index in [0.29, 0.717) is 15.6 Å². The molecule has 0 aliphatic carbocycles. The summed E-state index contributed by atoms with van der Waals surface area (Å²) in [4.78, 5) is 15.1. The van der Waals surface area contributed by atoms with Crippen LogP contribution in [0.1, 0.15) is 42.7 Å². The van der Waals surface area contributed by atoms with Crippen LogP contribution in [0.25, 0.3) is 0 Å². The van der Waals surface area contributed by atoms with Gasteiger partial charge in [0.2, 0.25) is 0 Å². The van der Waals surface area contributed by atoms with Crippen LogP contribution in [0.2, 0.25) is 10.0 Å². The maximum absolute atomic E-state index is 12.7. The van der Waals surface area contributed by atoms with E-state index in [1.54, 1.807) is 48.3 Å². The van der Waals surface area contributed by atoms with Gasteiger partial charge < -0.3 is 4.90 Å². The number of hydrogen-bond acceptors (Lipinski definition) is 2. The van der Waals surface area contributed by atoms with Gasteiger partial charge in [-0.1, -0.05) is 43.1 Å². The lowest BCUT2D eigenvalue weighted by Gasteiger charge is -2.26. The summed E-state index contributed by atoms with van der Waals surface area (Å²) in [5.41, 5.74) is 1.38. The van der Waals surface area contributed by atoms with Gasteiger partial charge in [0.1, 0.15) is 0 Å². The molecule has 0 aromatic heterocycles. The van der Waals surface area contributed by atoms with Crippen molar-refractivity contribution in [3.63, 3.8) is 0 Å². The molecule has 0 saturated heterocycles. The molecule has 0 bridgehead atoms. The minimum atomic E-state index is -1.07. The van der Waals surface area contributed by atoms with E-state index in [9.17, 15) is 9.00 Å². The zero-order valence-corrected chi connectivity index (χ0v) is 17.0. The fourth-order valence-electron chi connectivity index (χ4n) is 2.43. The molecule has 2 rings (SSSR count). The highest BCUT2D eigenvalue weighted by Crippen LogP contribution is 2.29. The molecule has 2 atom stereocenters. The lowest BCUT2D eigenvalue weighted by Crippen LogP contribution is -2.29. The maximum Gasteiger partial charge on any atom is 0.254 e. The molecule has 0 radical (unpaired) electrons. The van der Waals surface area contributed by atoms with Crippen molar-refractivity contribution < 1.29 is 9.00 Å². The first kappa shape index (κ1) is 20.0. The van der Waals surface area contributed by atoms with Gasteiger partial charge in [-0.2, -0.15) is 0 Å². The Kier molecular flexibility index (Phi) is 6.66. The molecule has 3 nitrogen and oxygen atoms in total. The highest BCUT2D eigenvalue weighted by molar-refractivity contribution is 7.85. The van der Waals surface area contributed by atoms with E-state index >= 15 is 0 Å². The van der Waals surface area contributed by atoms with Crippen LogP contribution in [0, 0.1) is 0 Å². The average Bonchev–Trinajstić information content (AvgIpc) is 2.59. The van der Waals surface area contributed by atoms with Gasteiger partial charge in [-0.05, 0) is 48.9 Å². The fourth-order valence-corrected chi connectivity index (χ4v) is 3.95. The maximum atomic E-state index is 12.7. The van der Waals surface area contributed by atoms with Crippen molar-refractivity contribution in [1.29, 1.82) is 0 Å². The predicted octanol–water partition coefficient (Wildman–Crippen LogP) is 5.34. The molecule has 0 spiro atoms. The summed E-state index contributed by atoms with van der Waals surface area (Å²) in [5.74, 6) is -0.125. The van der Waals surface area contributed by atoms with Gasteiger partial charge in [-0.3, -0.25) is 9.00 Å². The number of carbonyl (C=O) groups excluding carboxylic acids is 1. The Labute approximate surface area is 161 Å². The monoisotopic (exact) mass is 397 g/mol. The molecule has 2 aromatic carbocycles. The van der Waals surface area contributed by atoms with Crippen molar-refractivity contribution in [2.75, 3.05) is 7.05 Å². The molecule has 0 N–H and O–H groups in total. The van der Waals surface area contributed by atoms with Gasteiger partial charge in [0.05, 0.1) is 16.8 Å². The highest BCUT2D eigenvalue weighted by atomic mass is 35.5. The summed E-state index contributed by atoms with van der Waals surface area (Å²) in [7, 11) is 0.668. The van der Waals surface area contributed by atoms with Crippen LogP contribution in [0.3, 0.4) is 0 Å². The summed E-state index contributed by atoms with van der Waals surface area (Å²) in [5, 5.41) is 1.13. The van der Waals surface area contributed by atoms with Crippen LogP contribution < -0.4 is 0 Å². The zero-order chi connectivity index (χ0) is 18.7. The third-order valence-corrected chi connectivity index (χ3v) is 6.23. The van der Waals surface area contributed by atoms with Crippen LogP contribution in [-0.2, 0) is 10.8 Å². The number of hydrogen-bond donors (Lipinski definition) is 0. The lowest BCUT2D eigenvalue weighted by molar-refractivity contribution is 0.0742. The molecule has 0 aliphatic rings. The van der Waals surface area contributed by atoms with Gasteiger partial charge >= 0.3 is 0 Å². The normalized spacial score (nSPS) is 13.6. The Balaban J connectivity index is 2.20. The quantitative estimate of drug-likeness (QED) is 0.682. The first-order valence-electron chi connectivity index (χ1n) is 7.95. The van der Waals surface area contributed by atoms with Crippen LogP contribution in [0.15, 0.2) is 47.4 Å². The van der Waals surface area contributed by atoms with Gasteiger partial charge in [-0.25, -0.2) is 0 Å². The standard InChI is InChI=1S/C19H21Cl2NO2S/c1-12(2)25(24)16-8-5-14(6-9-16)19(23)22(4)13(3)17-10-7-15(20)11-18(17)21/h5-13H,1-4H3/t13-,25-/m0/s1. The molecule has 0 fully saturated rings. The topological polar surface area (TPSA) is 37.4 Å². The zero-order valence-electron chi connectivity index (χ0n) is 14.6. The molecule has 25 heavy (non-hydrogen) atoms. The van der Waals surface area contributed by atoms with Gasteiger partial charge in [0.25, 0.3) is 5.91 Å². The minimum absolute atomic E-state index is 0.0382. The van der Waals surface area contributed by atoms with Crippen molar-refractivity contribution in [3.05, 3.63) is 63.6 Å². The van der Waals surface area contributed by atoms with E-state index in [-0.39, 0.29) is 17.2 Å². The van der Waals surface area contributed by atoms with E-state index in [1.165, 1.54) is 0 Å². The predicted molar refractivity (Wildman–Crippen MR) is 105 cm³/mol. The number of benzene rings is 2. The molecule has 134 valence electrons. The van der Waals surface area contributed by atoms with E-state index < -0.39 is 10.8 Å². The summed E-state index contributed by atoms with van der Waals surface area (Å²) >= 11 is 12.2. The number of halogens is 2. The SMILES string of the molecule is CC(C)[S@](=O)c1ccc(C(=O)N(C)[C@@H](C)c2ccc(Cl)cc2Cl)cc1. The van der Waals surface area contributed by atoms with E-state index in [4.69, 9.17) is 23.2 Å². The molecule has 6 heteroatoms. The Morgan fingerprint density at radius 3 is 2.16 bits per heavy atom. The molecular weight excluding hydrogens is 377 g/mol. The summed E-state index contributed by atoms with van der Waals surface area (Å²) < 4.78 is 12.1. The molecule has 0 unspecified atom stereocenters. The van der Waals surface area contributed by atoms with Crippen LogP contribution >= 0.6 is 23.2 Å². The van der Waals surface area contributed by atoms with Crippen molar-refractivity contribution >= 4 is 39.9 Å². The van der Waals surface area contributed by atoms with Crippen LogP contribution in [0.5, 0.6) is 0 Å². The number of rotatable bonds is 5.